The normalized spacial score (nSPS) is 12.4. The van der Waals surface area contributed by atoms with Gasteiger partial charge in [-0.2, -0.15) is 0 Å². The molecule has 0 bridgehead atoms. The summed E-state index contributed by atoms with van der Waals surface area (Å²) in [6, 6.07) is 12.9. The van der Waals surface area contributed by atoms with Crippen LogP contribution >= 0.6 is 27.3 Å². The van der Waals surface area contributed by atoms with Crippen molar-refractivity contribution in [2.24, 2.45) is 0 Å². The second-order valence-corrected chi connectivity index (χ2v) is 12.2. The lowest BCUT2D eigenvalue weighted by Crippen LogP contribution is -2.29. The van der Waals surface area contributed by atoms with Gasteiger partial charge in [-0.25, -0.2) is 23.4 Å². The third-order valence-electron chi connectivity index (χ3n) is 4.55. The Bertz CT molecular complexity index is 1330. The number of fused-ring (bicyclic) bond motifs is 2. The van der Waals surface area contributed by atoms with Gasteiger partial charge in [-0.15, -0.1) is 0 Å². The number of nitrogens with zero attached hydrogens (tertiary/aromatic N) is 3. The van der Waals surface area contributed by atoms with E-state index in [4.69, 9.17) is 4.74 Å². The number of para-hydroxylation sites is 1. The van der Waals surface area contributed by atoms with Crippen LogP contribution in [0.4, 0.5) is 11.1 Å². The SMILES string of the molecule is CC(C)(C)S(=O)(=O)c1nc(Nc2nc3ccccc3s2)nc2cc(OCCBr)ccc12. The predicted molar refractivity (Wildman–Crippen MR) is 129 cm³/mol. The van der Waals surface area contributed by atoms with Crippen LogP contribution in [0, 0.1) is 0 Å². The standard InChI is InChI=1S/C21H21BrN4O3S2/c1-21(2,3)31(27,28)18-14-9-8-13(29-11-10-22)12-16(14)23-19(25-18)26-20-24-15-6-4-5-7-17(15)30-20/h4-9,12H,10-11H2,1-3H3,(H,23,24,25,26). The maximum atomic E-state index is 13.3. The van der Waals surface area contributed by atoms with Crippen molar-refractivity contribution in [3.05, 3.63) is 42.5 Å². The van der Waals surface area contributed by atoms with E-state index in [1.54, 1.807) is 39.0 Å². The minimum Gasteiger partial charge on any atom is -0.493 e. The summed E-state index contributed by atoms with van der Waals surface area (Å²) < 4.78 is 32.3. The molecule has 162 valence electrons. The summed E-state index contributed by atoms with van der Waals surface area (Å²) in [5.41, 5.74) is 1.33. The molecule has 0 saturated heterocycles. The van der Waals surface area contributed by atoms with Crippen LogP contribution in [0.3, 0.4) is 0 Å². The highest BCUT2D eigenvalue weighted by Gasteiger charge is 2.34. The molecule has 7 nitrogen and oxygen atoms in total. The van der Waals surface area contributed by atoms with Gasteiger partial charge in [0.2, 0.25) is 15.8 Å². The molecule has 0 saturated carbocycles. The number of hydrogen-bond donors (Lipinski definition) is 1. The number of ether oxygens (including phenoxy) is 1. The fourth-order valence-electron chi connectivity index (χ4n) is 2.90. The number of anilines is 2. The fraction of sp³-hybridized carbons (Fsp3) is 0.286. The van der Waals surface area contributed by atoms with Crippen LogP contribution in [0.15, 0.2) is 47.5 Å². The quantitative estimate of drug-likeness (QED) is 0.271. The van der Waals surface area contributed by atoms with Crippen LogP contribution in [0.2, 0.25) is 0 Å². The van der Waals surface area contributed by atoms with Gasteiger partial charge in [0.1, 0.15) is 5.75 Å². The summed E-state index contributed by atoms with van der Waals surface area (Å²) in [7, 11) is -3.73. The average Bonchev–Trinajstić information content (AvgIpc) is 3.12. The molecule has 0 aliphatic rings. The maximum Gasteiger partial charge on any atom is 0.230 e. The Morgan fingerprint density at radius 2 is 1.84 bits per heavy atom. The molecule has 0 radical (unpaired) electrons. The van der Waals surface area contributed by atoms with E-state index in [0.29, 0.717) is 33.7 Å². The van der Waals surface area contributed by atoms with Crippen molar-refractivity contribution in [3.63, 3.8) is 0 Å². The number of hydrogen-bond acceptors (Lipinski definition) is 8. The average molecular weight is 521 g/mol. The van der Waals surface area contributed by atoms with Crippen LogP contribution < -0.4 is 10.1 Å². The molecule has 0 aliphatic heterocycles. The van der Waals surface area contributed by atoms with Gasteiger partial charge in [-0.05, 0) is 45.0 Å². The largest absolute Gasteiger partial charge is 0.493 e. The predicted octanol–water partition coefficient (Wildman–Crippen LogP) is 5.33. The first-order valence-corrected chi connectivity index (χ1v) is 13.0. The van der Waals surface area contributed by atoms with Crippen LogP contribution in [0.25, 0.3) is 21.1 Å². The smallest absolute Gasteiger partial charge is 0.230 e. The van der Waals surface area contributed by atoms with E-state index in [-0.39, 0.29) is 11.0 Å². The Morgan fingerprint density at radius 1 is 1.06 bits per heavy atom. The zero-order valence-electron chi connectivity index (χ0n) is 17.2. The minimum atomic E-state index is -3.73. The van der Waals surface area contributed by atoms with E-state index in [1.165, 1.54) is 11.3 Å². The lowest BCUT2D eigenvalue weighted by molar-refractivity contribution is 0.345. The minimum absolute atomic E-state index is 0.0133. The topological polar surface area (TPSA) is 94.1 Å². The van der Waals surface area contributed by atoms with Crippen LogP contribution in [0.5, 0.6) is 5.75 Å². The van der Waals surface area contributed by atoms with E-state index in [9.17, 15) is 8.42 Å². The number of alkyl halides is 1. The molecule has 4 rings (SSSR count). The summed E-state index contributed by atoms with van der Waals surface area (Å²) in [6.45, 7) is 5.46. The lowest BCUT2D eigenvalue weighted by atomic mass is 10.2. The highest BCUT2D eigenvalue weighted by Crippen LogP contribution is 2.33. The Balaban J connectivity index is 1.85. The number of benzene rings is 2. The molecule has 31 heavy (non-hydrogen) atoms. The molecule has 0 amide bonds. The van der Waals surface area contributed by atoms with E-state index >= 15 is 0 Å². The van der Waals surface area contributed by atoms with E-state index in [2.05, 4.69) is 36.2 Å². The van der Waals surface area contributed by atoms with Gasteiger partial charge in [0.05, 0.1) is 27.1 Å². The molecule has 10 heteroatoms. The van der Waals surface area contributed by atoms with Gasteiger partial charge in [0.15, 0.2) is 10.2 Å². The molecule has 4 aromatic rings. The van der Waals surface area contributed by atoms with Gasteiger partial charge < -0.3 is 4.74 Å². The number of sulfone groups is 1. The number of aromatic nitrogens is 3. The Morgan fingerprint density at radius 3 is 2.55 bits per heavy atom. The molecular formula is C21H21BrN4O3S2. The summed E-state index contributed by atoms with van der Waals surface area (Å²) in [5.74, 6) is 0.780. The van der Waals surface area contributed by atoms with Crippen LogP contribution in [0.1, 0.15) is 20.8 Å². The first-order valence-electron chi connectivity index (χ1n) is 9.57. The summed E-state index contributed by atoms with van der Waals surface area (Å²) in [5, 5.41) is 4.80. The zero-order chi connectivity index (χ0) is 22.2. The summed E-state index contributed by atoms with van der Waals surface area (Å²) >= 11 is 4.78. The zero-order valence-corrected chi connectivity index (χ0v) is 20.4. The Hall–Kier alpha value is -2.30. The summed E-state index contributed by atoms with van der Waals surface area (Å²) in [6.07, 6.45) is 0. The van der Waals surface area contributed by atoms with Gasteiger partial charge >= 0.3 is 0 Å². The number of thiazole rings is 1. The molecule has 0 unspecified atom stereocenters. The van der Waals surface area contributed by atoms with Crippen molar-refractivity contribution in [2.75, 3.05) is 17.3 Å². The van der Waals surface area contributed by atoms with Crippen molar-refractivity contribution in [2.45, 2.75) is 30.5 Å². The van der Waals surface area contributed by atoms with Crippen LogP contribution in [-0.2, 0) is 9.84 Å². The van der Waals surface area contributed by atoms with Gasteiger partial charge in [0.25, 0.3) is 0 Å². The molecule has 0 fully saturated rings. The second kappa shape index (κ2) is 8.33. The van der Waals surface area contributed by atoms with Crippen molar-refractivity contribution < 1.29 is 13.2 Å². The maximum absolute atomic E-state index is 13.3. The molecular weight excluding hydrogens is 500 g/mol. The van der Waals surface area contributed by atoms with Crippen molar-refractivity contribution in [3.8, 4) is 5.75 Å². The molecule has 1 N–H and O–H groups in total. The van der Waals surface area contributed by atoms with Crippen molar-refractivity contribution in [1.82, 2.24) is 15.0 Å². The second-order valence-electron chi connectivity index (χ2n) is 7.80. The van der Waals surface area contributed by atoms with Crippen molar-refractivity contribution >= 4 is 69.3 Å². The highest BCUT2D eigenvalue weighted by molar-refractivity contribution is 9.09. The Labute approximate surface area is 192 Å². The van der Waals surface area contributed by atoms with E-state index in [1.807, 2.05) is 24.3 Å². The monoisotopic (exact) mass is 520 g/mol. The fourth-order valence-corrected chi connectivity index (χ4v) is 5.17. The van der Waals surface area contributed by atoms with Crippen molar-refractivity contribution in [1.29, 1.82) is 0 Å². The molecule has 0 spiro atoms. The molecule has 2 aromatic carbocycles. The highest BCUT2D eigenvalue weighted by atomic mass is 79.9. The molecule has 2 aromatic heterocycles. The molecule has 2 heterocycles. The van der Waals surface area contributed by atoms with E-state index < -0.39 is 14.6 Å². The third kappa shape index (κ3) is 4.37. The number of halogens is 1. The Kier molecular flexibility index (Phi) is 5.89. The number of rotatable bonds is 6. The third-order valence-corrected chi connectivity index (χ3v) is 8.26. The van der Waals surface area contributed by atoms with Crippen LogP contribution in [-0.4, -0.2) is 40.1 Å². The summed E-state index contributed by atoms with van der Waals surface area (Å²) in [4.78, 5) is 13.5. The van der Waals surface area contributed by atoms with Gasteiger partial charge in [0, 0.05) is 16.8 Å². The van der Waals surface area contributed by atoms with Gasteiger partial charge in [-0.1, -0.05) is 39.4 Å². The number of nitrogens with one attached hydrogen (secondary N) is 1. The first kappa shape index (κ1) is 21.9. The lowest BCUT2D eigenvalue weighted by Gasteiger charge is -2.20. The molecule has 0 atom stereocenters. The van der Waals surface area contributed by atoms with E-state index in [0.717, 1.165) is 10.2 Å². The molecule has 0 aliphatic carbocycles. The first-order chi connectivity index (χ1) is 14.7. The van der Waals surface area contributed by atoms with Gasteiger partial charge in [-0.3, -0.25) is 5.32 Å².